The third-order valence-electron chi connectivity index (χ3n) is 1.53. The van der Waals surface area contributed by atoms with Crippen LogP contribution in [-0.2, 0) is 0 Å². The van der Waals surface area contributed by atoms with Crippen molar-refractivity contribution in [1.29, 1.82) is 0 Å². The zero-order valence-corrected chi connectivity index (χ0v) is 9.22. The van der Waals surface area contributed by atoms with Gasteiger partial charge in [0.05, 0.1) is 14.7 Å². The molecule has 2 aromatic rings. The summed E-state index contributed by atoms with van der Waals surface area (Å²) in [4.78, 5) is 18.2. The standard InChI is InChI=1S/C8H5BrN2O2S/c9-5-2-1-4(14-5)8-10-6(12)3-7(13)11-8/h1-3H,(H2,10,11,12,13). The molecule has 2 aromatic heterocycles. The van der Waals surface area contributed by atoms with E-state index in [1.165, 1.54) is 11.3 Å². The smallest absolute Gasteiger partial charge is 0.254 e. The maximum Gasteiger partial charge on any atom is 0.254 e. The summed E-state index contributed by atoms with van der Waals surface area (Å²) in [6.07, 6.45) is 0. The van der Waals surface area contributed by atoms with Crippen molar-refractivity contribution < 1.29 is 5.11 Å². The normalized spacial score (nSPS) is 10.4. The van der Waals surface area contributed by atoms with E-state index in [0.29, 0.717) is 5.82 Å². The minimum absolute atomic E-state index is 0.270. The number of aromatic amines is 1. The summed E-state index contributed by atoms with van der Waals surface area (Å²) in [5, 5.41) is 9.12. The average molecular weight is 273 g/mol. The lowest BCUT2D eigenvalue weighted by molar-refractivity contribution is 0.452. The molecular formula is C8H5BrN2O2S. The molecule has 4 nitrogen and oxygen atoms in total. The first-order valence-corrected chi connectivity index (χ1v) is 5.32. The van der Waals surface area contributed by atoms with Gasteiger partial charge in [0.15, 0.2) is 5.82 Å². The fraction of sp³-hybridized carbons (Fsp3) is 0. The van der Waals surface area contributed by atoms with Gasteiger partial charge < -0.3 is 10.1 Å². The molecule has 0 radical (unpaired) electrons. The third kappa shape index (κ3) is 1.85. The first-order chi connectivity index (χ1) is 6.65. The highest BCUT2D eigenvalue weighted by Crippen LogP contribution is 2.28. The van der Waals surface area contributed by atoms with Crippen molar-refractivity contribution in [2.45, 2.75) is 0 Å². The van der Waals surface area contributed by atoms with Gasteiger partial charge in [-0.15, -0.1) is 11.3 Å². The van der Waals surface area contributed by atoms with Gasteiger partial charge in [0.25, 0.3) is 5.56 Å². The number of halogens is 1. The Morgan fingerprint density at radius 2 is 2.29 bits per heavy atom. The summed E-state index contributed by atoms with van der Waals surface area (Å²) in [7, 11) is 0. The molecule has 2 N–H and O–H groups in total. The number of aromatic hydroxyl groups is 1. The van der Waals surface area contributed by atoms with E-state index in [1.54, 1.807) is 0 Å². The van der Waals surface area contributed by atoms with Crippen molar-refractivity contribution in [2.75, 3.05) is 0 Å². The number of hydrogen-bond donors (Lipinski definition) is 2. The molecule has 14 heavy (non-hydrogen) atoms. The van der Waals surface area contributed by atoms with Gasteiger partial charge in [0.2, 0.25) is 5.88 Å². The van der Waals surface area contributed by atoms with Crippen molar-refractivity contribution >= 4 is 27.3 Å². The number of H-pyrrole nitrogens is 1. The van der Waals surface area contributed by atoms with Crippen LogP contribution in [-0.4, -0.2) is 15.1 Å². The fourth-order valence-electron chi connectivity index (χ4n) is 1.00. The monoisotopic (exact) mass is 272 g/mol. The number of aromatic nitrogens is 2. The fourth-order valence-corrected chi connectivity index (χ4v) is 2.33. The molecule has 2 heterocycles. The molecule has 0 aliphatic rings. The Morgan fingerprint density at radius 1 is 1.50 bits per heavy atom. The molecule has 0 spiro atoms. The summed E-state index contributed by atoms with van der Waals surface area (Å²) in [5.41, 5.74) is -0.364. The van der Waals surface area contributed by atoms with Gasteiger partial charge in [0.1, 0.15) is 0 Å². The van der Waals surface area contributed by atoms with E-state index in [-0.39, 0.29) is 11.4 Å². The van der Waals surface area contributed by atoms with Crippen LogP contribution in [0.3, 0.4) is 0 Å². The zero-order valence-electron chi connectivity index (χ0n) is 6.82. The molecule has 0 unspecified atom stereocenters. The van der Waals surface area contributed by atoms with E-state index in [0.717, 1.165) is 14.7 Å². The molecule has 0 aliphatic heterocycles. The van der Waals surface area contributed by atoms with Gasteiger partial charge in [-0.25, -0.2) is 0 Å². The average Bonchev–Trinajstić information content (AvgIpc) is 2.50. The molecule has 2 rings (SSSR count). The lowest BCUT2D eigenvalue weighted by atomic mass is 10.4. The highest BCUT2D eigenvalue weighted by molar-refractivity contribution is 9.11. The van der Waals surface area contributed by atoms with Gasteiger partial charge in [-0.1, -0.05) is 0 Å². The van der Waals surface area contributed by atoms with Crippen LogP contribution in [0.15, 0.2) is 26.8 Å². The van der Waals surface area contributed by atoms with Crippen molar-refractivity contribution in [2.24, 2.45) is 0 Å². The first kappa shape index (κ1) is 9.42. The predicted molar refractivity (Wildman–Crippen MR) is 57.5 cm³/mol. The molecule has 0 saturated carbocycles. The predicted octanol–water partition coefficient (Wildman–Crippen LogP) is 1.97. The number of rotatable bonds is 1. The molecule has 0 aliphatic carbocycles. The van der Waals surface area contributed by atoms with E-state index in [4.69, 9.17) is 5.11 Å². The minimum Gasteiger partial charge on any atom is -0.493 e. The Morgan fingerprint density at radius 3 is 2.86 bits per heavy atom. The Labute approximate surface area is 91.4 Å². The largest absolute Gasteiger partial charge is 0.493 e. The van der Waals surface area contributed by atoms with E-state index >= 15 is 0 Å². The molecule has 72 valence electrons. The number of nitrogens with zero attached hydrogens (tertiary/aromatic N) is 1. The van der Waals surface area contributed by atoms with Gasteiger partial charge >= 0.3 is 0 Å². The summed E-state index contributed by atoms with van der Waals surface area (Å²) in [6, 6.07) is 4.70. The highest BCUT2D eigenvalue weighted by atomic mass is 79.9. The van der Waals surface area contributed by atoms with Crippen LogP contribution >= 0.6 is 27.3 Å². The minimum atomic E-state index is -0.364. The van der Waals surface area contributed by atoms with E-state index in [9.17, 15) is 4.79 Å². The summed E-state index contributed by atoms with van der Waals surface area (Å²) < 4.78 is 0.943. The van der Waals surface area contributed by atoms with E-state index < -0.39 is 0 Å². The van der Waals surface area contributed by atoms with Gasteiger partial charge in [-0.3, -0.25) is 4.79 Å². The summed E-state index contributed by atoms with van der Waals surface area (Å²) in [5.74, 6) is 0.110. The molecule has 0 amide bonds. The van der Waals surface area contributed by atoms with E-state index in [2.05, 4.69) is 25.9 Å². The topological polar surface area (TPSA) is 66.0 Å². The lowest BCUT2D eigenvalue weighted by Crippen LogP contribution is -2.05. The molecule has 0 atom stereocenters. The van der Waals surface area contributed by atoms with Gasteiger partial charge in [-0.05, 0) is 28.1 Å². The Bertz CT molecular complexity index is 520. The molecule has 6 heteroatoms. The lowest BCUT2D eigenvalue weighted by Gasteiger charge is -1.95. The first-order valence-electron chi connectivity index (χ1n) is 3.71. The molecule has 0 bridgehead atoms. The Hall–Kier alpha value is -1.14. The van der Waals surface area contributed by atoms with Crippen LogP contribution in [0.2, 0.25) is 0 Å². The summed E-state index contributed by atoms with van der Waals surface area (Å²) in [6.45, 7) is 0. The maximum atomic E-state index is 11.0. The van der Waals surface area contributed by atoms with Crippen molar-refractivity contribution in [3.8, 4) is 16.6 Å². The second kappa shape index (κ2) is 3.55. The molecular weight excluding hydrogens is 268 g/mol. The van der Waals surface area contributed by atoms with Gasteiger partial charge in [-0.2, -0.15) is 4.98 Å². The van der Waals surface area contributed by atoms with Crippen molar-refractivity contribution in [1.82, 2.24) is 9.97 Å². The Kier molecular flexibility index (Phi) is 2.39. The van der Waals surface area contributed by atoms with Crippen LogP contribution in [0, 0.1) is 0 Å². The highest BCUT2D eigenvalue weighted by Gasteiger charge is 2.05. The quantitative estimate of drug-likeness (QED) is 0.834. The molecule has 0 aromatic carbocycles. The third-order valence-corrected chi connectivity index (χ3v) is 3.17. The number of thiophene rings is 1. The second-order valence-corrected chi connectivity index (χ2v) is 5.02. The molecule has 0 fully saturated rings. The maximum absolute atomic E-state index is 11.0. The van der Waals surface area contributed by atoms with E-state index in [1.807, 2.05) is 12.1 Å². The second-order valence-electron chi connectivity index (χ2n) is 2.56. The SMILES string of the molecule is O=c1cc(O)nc(-c2ccc(Br)s2)[nH]1. The summed E-state index contributed by atoms with van der Waals surface area (Å²) >= 11 is 4.73. The number of nitrogens with one attached hydrogen (secondary N) is 1. The van der Waals surface area contributed by atoms with Gasteiger partial charge in [0, 0.05) is 0 Å². The molecule has 0 saturated heterocycles. The van der Waals surface area contributed by atoms with Crippen LogP contribution in [0.5, 0.6) is 5.88 Å². The van der Waals surface area contributed by atoms with Crippen LogP contribution < -0.4 is 5.56 Å². The van der Waals surface area contributed by atoms with Crippen LogP contribution in [0.4, 0.5) is 0 Å². The van der Waals surface area contributed by atoms with Crippen molar-refractivity contribution in [3.63, 3.8) is 0 Å². The Balaban J connectivity index is 2.56. The number of hydrogen-bond acceptors (Lipinski definition) is 4. The zero-order chi connectivity index (χ0) is 10.1. The van der Waals surface area contributed by atoms with Crippen LogP contribution in [0.1, 0.15) is 0 Å². The van der Waals surface area contributed by atoms with Crippen LogP contribution in [0.25, 0.3) is 10.7 Å². The van der Waals surface area contributed by atoms with Crippen molar-refractivity contribution in [3.05, 3.63) is 32.3 Å².